The van der Waals surface area contributed by atoms with Gasteiger partial charge < -0.3 is 5.32 Å². The Hall–Kier alpha value is -1.78. The molecule has 4 heteroatoms. The van der Waals surface area contributed by atoms with Crippen LogP contribution in [0.5, 0.6) is 0 Å². The number of hydrogen-bond donors (Lipinski definition) is 1. The molecule has 0 spiro atoms. The highest BCUT2D eigenvalue weighted by Gasteiger charge is 2.05. The third-order valence-corrected chi connectivity index (χ3v) is 4.22. The van der Waals surface area contributed by atoms with Gasteiger partial charge in [0.1, 0.15) is 0 Å². The summed E-state index contributed by atoms with van der Waals surface area (Å²) in [7, 11) is 0. The first kappa shape index (κ1) is 14.2. The van der Waals surface area contributed by atoms with Crippen LogP contribution >= 0.6 is 15.9 Å². The lowest BCUT2D eigenvalue weighted by Crippen LogP contribution is -2.15. The maximum Gasteiger partial charge on any atom is 0.0758 e. The summed E-state index contributed by atoms with van der Waals surface area (Å²) in [5.41, 5.74) is 4.54. The molecule has 0 radical (unpaired) electrons. The number of nitrogens with zero attached hydrogens (tertiary/aromatic N) is 2. The molecular weight excluding hydrogens is 326 g/mol. The highest BCUT2D eigenvalue weighted by atomic mass is 79.9. The van der Waals surface area contributed by atoms with E-state index in [0.717, 1.165) is 34.2 Å². The molecule has 1 aromatic carbocycles. The molecular formula is C17H16BrN3. The van der Waals surface area contributed by atoms with E-state index in [4.69, 9.17) is 0 Å². The fraction of sp³-hybridized carbons (Fsp3) is 0.176. The maximum atomic E-state index is 4.50. The zero-order valence-corrected chi connectivity index (χ0v) is 13.4. The molecule has 21 heavy (non-hydrogen) atoms. The van der Waals surface area contributed by atoms with Gasteiger partial charge in [-0.25, -0.2) is 0 Å². The van der Waals surface area contributed by atoms with Gasteiger partial charge in [-0.05, 0) is 36.2 Å². The molecule has 0 aliphatic rings. The molecule has 0 saturated carbocycles. The van der Waals surface area contributed by atoms with E-state index in [1.54, 1.807) is 0 Å². The van der Waals surface area contributed by atoms with Gasteiger partial charge in [0.25, 0.3) is 0 Å². The zero-order valence-electron chi connectivity index (χ0n) is 11.8. The number of benzene rings is 1. The quantitative estimate of drug-likeness (QED) is 0.779. The third kappa shape index (κ3) is 3.12. The van der Waals surface area contributed by atoms with Crippen molar-refractivity contribution in [1.29, 1.82) is 0 Å². The van der Waals surface area contributed by atoms with E-state index in [-0.39, 0.29) is 0 Å². The van der Waals surface area contributed by atoms with Crippen LogP contribution in [0, 0.1) is 6.92 Å². The van der Waals surface area contributed by atoms with Crippen molar-refractivity contribution in [3.05, 3.63) is 70.1 Å². The number of hydrogen-bond acceptors (Lipinski definition) is 3. The molecule has 0 unspecified atom stereocenters. The number of rotatable bonds is 4. The van der Waals surface area contributed by atoms with Crippen LogP contribution in [0.4, 0.5) is 0 Å². The fourth-order valence-corrected chi connectivity index (χ4v) is 2.81. The van der Waals surface area contributed by atoms with E-state index in [9.17, 15) is 0 Å². The summed E-state index contributed by atoms with van der Waals surface area (Å²) in [6.07, 6.45) is 3.67. The zero-order chi connectivity index (χ0) is 14.7. The van der Waals surface area contributed by atoms with Crippen LogP contribution in [0.2, 0.25) is 0 Å². The van der Waals surface area contributed by atoms with Crippen LogP contribution in [-0.4, -0.2) is 9.97 Å². The maximum absolute atomic E-state index is 4.50. The molecule has 0 saturated heterocycles. The van der Waals surface area contributed by atoms with Crippen molar-refractivity contribution >= 4 is 26.8 Å². The summed E-state index contributed by atoms with van der Waals surface area (Å²) < 4.78 is 1.08. The molecule has 0 bridgehead atoms. The van der Waals surface area contributed by atoms with Gasteiger partial charge in [-0.2, -0.15) is 0 Å². The topological polar surface area (TPSA) is 37.8 Å². The molecule has 0 aliphatic carbocycles. The van der Waals surface area contributed by atoms with E-state index < -0.39 is 0 Å². The largest absolute Gasteiger partial charge is 0.307 e. The minimum absolute atomic E-state index is 0.761. The van der Waals surface area contributed by atoms with E-state index in [0.29, 0.717) is 0 Å². The first-order valence-electron chi connectivity index (χ1n) is 6.89. The number of aromatic nitrogens is 2. The summed E-state index contributed by atoms with van der Waals surface area (Å²) in [4.78, 5) is 8.90. The molecule has 2 aromatic heterocycles. The second kappa shape index (κ2) is 6.33. The molecule has 1 N–H and O–H groups in total. The van der Waals surface area contributed by atoms with Crippen LogP contribution in [0.1, 0.15) is 16.8 Å². The van der Waals surface area contributed by atoms with Crippen LogP contribution < -0.4 is 5.32 Å². The van der Waals surface area contributed by atoms with Gasteiger partial charge in [0.2, 0.25) is 0 Å². The van der Waals surface area contributed by atoms with Gasteiger partial charge in [-0.15, -0.1) is 0 Å². The number of nitrogens with one attached hydrogen (secondary N) is 1. The Bertz CT molecular complexity index is 771. The average molecular weight is 342 g/mol. The van der Waals surface area contributed by atoms with E-state index in [2.05, 4.69) is 62.4 Å². The summed E-state index contributed by atoms with van der Waals surface area (Å²) >= 11 is 3.58. The van der Waals surface area contributed by atoms with Gasteiger partial charge in [0, 0.05) is 35.3 Å². The predicted molar refractivity (Wildman–Crippen MR) is 89.0 cm³/mol. The lowest BCUT2D eigenvalue weighted by Gasteiger charge is -2.09. The van der Waals surface area contributed by atoms with Crippen molar-refractivity contribution in [2.45, 2.75) is 20.0 Å². The standard InChI is InChI=1S/C17H16BrN3/c1-12-4-2-8-20-16(12)11-19-10-13-6-7-15(18)14-5-3-9-21-17(13)14/h2-9,19H,10-11H2,1H3. The Morgan fingerprint density at radius 1 is 1.00 bits per heavy atom. The van der Waals surface area contributed by atoms with Crippen molar-refractivity contribution in [1.82, 2.24) is 15.3 Å². The lowest BCUT2D eigenvalue weighted by molar-refractivity contribution is 0.678. The molecule has 0 aliphatic heterocycles. The molecule has 2 heterocycles. The summed E-state index contributed by atoms with van der Waals surface area (Å²) in [5.74, 6) is 0. The molecule has 0 fully saturated rings. The lowest BCUT2D eigenvalue weighted by atomic mass is 10.1. The van der Waals surface area contributed by atoms with E-state index in [1.807, 2.05) is 24.5 Å². The number of pyridine rings is 2. The van der Waals surface area contributed by atoms with Gasteiger partial charge >= 0.3 is 0 Å². The van der Waals surface area contributed by atoms with Crippen LogP contribution in [-0.2, 0) is 13.1 Å². The molecule has 106 valence electrons. The number of aryl methyl sites for hydroxylation is 1. The molecule has 3 aromatic rings. The third-order valence-electron chi connectivity index (χ3n) is 3.53. The van der Waals surface area contributed by atoms with Gasteiger partial charge in [0.05, 0.1) is 11.2 Å². The van der Waals surface area contributed by atoms with Crippen molar-refractivity contribution in [2.24, 2.45) is 0 Å². The first-order chi connectivity index (χ1) is 10.3. The summed E-state index contributed by atoms with van der Waals surface area (Å²) in [6, 6.07) is 12.3. The summed E-state index contributed by atoms with van der Waals surface area (Å²) in [6.45, 7) is 3.62. The minimum Gasteiger partial charge on any atom is -0.307 e. The highest BCUT2D eigenvalue weighted by molar-refractivity contribution is 9.10. The second-order valence-electron chi connectivity index (χ2n) is 4.98. The van der Waals surface area contributed by atoms with Gasteiger partial charge in [0.15, 0.2) is 0 Å². The highest BCUT2D eigenvalue weighted by Crippen LogP contribution is 2.25. The van der Waals surface area contributed by atoms with Gasteiger partial charge in [-0.1, -0.05) is 34.1 Å². The number of fused-ring (bicyclic) bond motifs is 1. The predicted octanol–water partition coefficient (Wildman–Crippen LogP) is 3.99. The Labute approximate surface area is 132 Å². The van der Waals surface area contributed by atoms with Crippen molar-refractivity contribution in [3.8, 4) is 0 Å². The molecule has 3 rings (SSSR count). The van der Waals surface area contributed by atoms with Crippen molar-refractivity contribution < 1.29 is 0 Å². The smallest absolute Gasteiger partial charge is 0.0758 e. The summed E-state index contributed by atoms with van der Waals surface area (Å²) in [5, 5.41) is 4.60. The van der Waals surface area contributed by atoms with Gasteiger partial charge in [-0.3, -0.25) is 9.97 Å². The van der Waals surface area contributed by atoms with Crippen LogP contribution in [0.3, 0.4) is 0 Å². The van der Waals surface area contributed by atoms with Crippen LogP contribution in [0.25, 0.3) is 10.9 Å². The Balaban J connectivity index is 1.77. The van der Waals surface area contributed by atoms with Crippen LogP contribution in [0.15, 0.2) is 53.3 Å². The Morgan fingerprint density at radius 2 is 1.81 bits per heavy atom. The molecule has 0 amide bonds. The number of halogens is 1. The molecule has 0 atom stereocenters. The fourth-order valence-electron chi connectivity index (χ4n) is 2.36. The van der Waals surface area contributed by atoms with E-state index in [1.165, 1.54) is 11.1 Å². The first-order valence-corrected chi connectivity index (χ1v) is 7.68. The minimum atomic E-state index is 0.761. The SMILES string of the molecule is Cc1cccnc1CNCc1ccc(Br)c2cccnc12. The van der Waals surface area contributed by atoms with Crippen molar-refractivity contribution in [3.63, 3.8) is 0 Å². The van der Waals surface area contributed by atoms with Crippen molar-refractivity contribution in [2.75, 3.05) is 0 Å². The Morgan fingerprint density at radius 3 is 2.67 bits per heavy atom. The van der Waals surface area contributed by atoms with E-state index >= 15 is 0 Å². The molecule has 3 nitrogen and oxygen atoms in total. The normalized spacial score (nSPS) is 11.0. The monoisotopic (exact) mass is 341 g/mol. The second-order valence-corrected chi connectivity index (χ2v) is 5.83. The average Bonchev–Trinajstić information content (AvgIpc) is 2.52. The Kier molecular flexibility index (Phi) is 4.27.